The molecule has 0 saturated carbocycles. The second-order valence-corrected chi connectivity index (χ2v) is 11.0. The van der Waals surface area contributed by atoms with Crippen LogP contribution in [0.25, 0.3) is 0 Å². The van der Waals surface area contributed by atoms with E-state index in [0.717, 1.165) is 6.04 Å². The van der Waals surface area contributed by atoms with E-state index in [1.54, 1.807) is 13.0 Å². The third-order valence-electron chi connectivity index (χ3n) is 2.22. The molecule has 0 aromatic carbocycles. The average molecular weight is 270 g/mol. The molecule has 0 rings (SSSR count). The fourth-order valence-corrected chi connectivity index (χ4v) is 2.89. The van der Waals surface area contributed by atoms with Gasteiger partial charge in [-0.1, -0.05) is 43.9 Å². The molecule has 0 spiro atoms. The van der Waals surface area contributed by atoms with Crippen LogP contribution in [-0.4, -0.2) is 31.9 Å². The number of hydrogen-bond donors (Lipinski definition) is 1. The number of aliphatic hydroxyl groups excluding tert-OH is 1. The minimum atomic E-state index is -1.21. The van der Waals surface area contributed by atoms with Crippen LogP contribution in [0.4, 0.5) is 0 Å². The van der Waals surface area contributed by atoms with Crippen molar-refractivity contribution in [3.8, 4) is 0 Å². The zero-order chi connectivity index (χ0) is 14.0. The molecule has 0 heterocycles. The number of rotatable bonds is 8. The molecule has 0 amide bonds. The van der Waals surface area contributed by atoms with Gasteiger partial charge in [-0.05, 0) is 19.4 Å². The molecule has 0 aromatic heterocycles. The Labute approximate surface area is 112 Å². The fourth-order valence-electron chi connectivity index (χ4n) is 1.50. The van der Waals surface area contributed by atoms with E-state index in [-0.39, 0.29) is 12.1 Å². The summed E-state index contributed by atoms with van der Waals surface area (Å²) >= 11 is 0. The number of aliphatic hydroxyl groups is 1. The van der Waals surface area contributed by atoms with Crippen LogP contribution in [0.5, 0.6) is 0 Å². The fraction of sp³-hybridized carbons (Fsp3) is 0.643. The summed E-state index contributed by atoms with van der Waals surface area (Å²) in [5.74, 6) is -0.162. The number of ether oxygens (including phenoxy) is 1. The predicted molar refractivity (Wildman–Crippen MR) is 78.3 cm³/mol. The van der Waals surface area contributed by atoms with Gasteiger partial charge >= 0.3 is 5.97 Å². The van der Waals surface area contributed by atoms with Crippen molar-refractivity contribution in [2.45, 2.75) is 51.6 Å². The maximum Gasteiger partial charge on any atom is 0.306 e. The van der Waals surface area contributed by atoms with Crippen LogP contribution in [0.15, 0.2) is 24.3 Å². The average Bonchev–Trinajstić information content (AvgIpc) is 2.21. The quantitative estimate of drug-likeness (QED) is 0.419. The lowest BCUT2D eigenvalue weighted by atomic mass is 10.2. The van der Waals surface area contributed by atoms with Crippen LogP contribution in [0.2, 0.25) is 25.7 Å². The SMILES string of the molecule is CCOC(=O)CC/C=C/C=C/[C@H](O)C[Si](C)(C)C. The summed E-state index contributed by atoms with van der Waals surface area (Å²) < 4.78 is 4.82. The summed E-state index contributed by atoms with van der Waals surface area (Å²) in [6, 6.07) is 0.875. The van der Waals surface area contributed by atoms with E-state index in [4.69, 9.17) is 4.74 Å². The third kappa shape index (κ3) is 11.6. The molecule has 104 valence electrons. The van der Waals surface area contributed by atoms with Gasteiger partial charge in [0, 0.05) is 14.5 Å². The zero-order valence-electron chi connectivity index (χ0n) is 12.0. The Bertz CT molecular complexity index is 290. The van der Waals surface area contributed by atoms with Crippen molar-refractivity contribution in [2.75, 3.05) is 6.61 Å². The lowest BCUT2D eigenvalue weighted by molar-refractivity contribution is -0.142. The molecular formula is C14H26O3Si. The summed E-state index contributed by atoms with van der Waals surface area (Å²) in [4.78, 5) is 11.0. The lowest BCUT2D eigenvalue weighted by Gasteiger charge is -2.17. The van der Waals surface area contributed by atoms with Crippen molar-refractivity contribution in [3.05, 3.63) is 24.3 Å². The van der Waals surface area contributed by atoms with Crippen molar-refractivity contribution in [3.63, 3.8) is 0 Å². The van der Waals surface area contributed by atoms with Gasteiger partial charge in [-0.2, -0.15) is 0 Å². The van der Waals surface area contributed by atoms with E-state index >= 15 is 0 Å². The smallest absolute Gasteiger partial charge is 0.306 e. The van der Waals surface area contributed by atoms with E-state index in [1.165, 1.54) is 0 Å². The van der Waals surface area contributed by atoms with Gasteiger partial charge in [0.15, 0.2) is 0 Å². The van der Waals surface area contributed by atoms with Gasteiger partial charge in [0.2, 0.25) is 0 Å². The van der Waals surface area contributed by atoms with Gasteiger partial charge < -0.3 is 9.84 Å². The van der Waals surface area contributed by atoms with Gasteiger partial charge in [-0.15, -0.1) is 0 Å². The van der Waals surface area contributed by atoms with Crippen molar-refractivity contribution in [1.29, 1.82) is 0 Å². The van der Waals surface area contributed by atoms with Gasteiger partial charge in [-0.25, -0.2) is 0 Å². The molecule has 0 radical (unpaired) electrons. The highest BCUT2D eigenvalue weighted by Crippen LogP contribution is 2.12. The first-order chi connectivity index (χ1) is 8.35. The zero-order valence-corrected chi connectivity index (χ0v) is 13.0. The first kappa shape index (κ1) is 17.1. The summed E-state index contributed by atoms with van der Waals surface area (Å²) in [5, 5.41) is 9.74. The van der Waals surface area contributed by atoms with Crippen molar-refractivity contribution < 1.29 is 14.6 Å². The molecular weight excluding hydrogens is 244 g/mol. The monoisotopic (exact) mass is 270 g/mol. The van der Waals surface area contributed by atoms with E-state index < -0.39 is 8.07 Å². The summed E-state index contributed by atoms with van der Waals surface area (Å²) in [5.41, 5.74) is 0. The third-order valence-corrected chi connectivity index (χ3v) is 3.87. The molecule has 0 saturated heterocycles. The molecule has 18 heavy (non-hydrogen) atoms. The Morgan fingerprint density at radius 3 is 2.56 bits per heavy atom. The van der Waals surface area contributed by atoms with E-state index in [0.29, 0.717) is 19.4 Å². The normalized spacial score (nSPS) is 14.3. The number of carbonyl (C=O) groups is 1. The lowest BCUT2D eigenvalue weighted by Crippen LogP contribution is -2.25. The van der Waals surface area contributed by atoms with Crippen molar-refractivity contribution >= 4 is 14.0 Å². The van der Waals surface area contributed by atoms with Gasteiger partial charge in [0.1, 0.15) is 0 Å². The number of carbonyl (C=O) groups excluding carboxylic acids is 1. The topological polar surface area (TPSA) is 46.5 Å². The van der Waals surface area contributed by atoms with Crippen LogP contribution >= 0.6 is 0 Å². The maximum absolute atomic E-state index is 11.0. The molecule has 1 N–H and O–H groups in total. The number of esters is 1. The maximum atomic E-state index is 11.0. The largest absolute Gasteiger partial charge is 0.466 e. The Balaban J connectivity index is 3.78. The van der Waals surface area contributed by atoms with Crippen LogP contribution < -0.4 is 0 Å². The Morgan fingerprint density at radius 1 is 1.33 bits per heavy atom. The molecule has 0 aliphatic heterocycles. The van der Waals surface area contributed by atoms with Crippen LogP contribution in [0.1, 0.15) is 19.8 Å². The number of hydrogen-bond acceptors (Lipinski definition) is 3. The van der Waals surface area contributed by atoms with Crippen LogP contribution in [-0.2, 0) is 9.53 Å². The highest BCUT2D eigenvalue weighted by Gasteiger charge is 2.16. The molecule has 0 unspecified atom stereocenters. The second-order valence-electron chi connectivity index (χ2n) is 5.49. The molecule has 4 heteroatoms. The van der Waals surface area contributed by atoms with E-state index in [2.05, 4.69) is 19.6 Å². The Hall–Kier alpha value is -0.873. The van der Waals surface area contributed by atoms with Gasteiger partial charge in [0.05, 0.1) is 12.7 Å². The first-order valence-corrected chi connectivity index (χ1v) is 10.2. The summed E-state index contributed by atoms with van der Waals surface area (Å²) in [7, 11) is -1.21. The molecule has 3 nitrogen and oxygen atoms in total. The van der Waals surface area contributed by atoms with Gasteiger partial charge in [0.25, 0.3) is 0 Å². The standard InChI is InChI=1S/C14H26O3Si/c1-5-17-14(16)11-9-7-6-8-10-13(15)12-18(2,3)4/h6-8,10,13,15H,5,9,11-12H2,1-4H3/b7-6+,10-8+/t13-/m0/s1. The highest BCUT2D eigenvalue weighted by molar-refractivity contribution is 6.76. The van der Waals surface area contributed by atoms with Crippen LogP contribution in [0.3, 0.4) is 0 Å². The van der Waals surface area contributed by atoms with Crippen molar-refractivity contribution in [1.82, 2.24) is 0 Å². The van der Waals surface area contributed by atoms with Crippen LogP contribution in [0, 0.1) is 0 Å². The van der Waals surface area contributed by atoms with E-state index in [9.17, 15) is 9.90 Å². The molecule has 0 aromatic rings. The minimum absolute atomic E-state index is 0.162. The highest BCUT2D eigenvalue weighted by atomic mass is 28.3. The minimum Gasteiger partial charge on any atom is -0.466 e. The molecule has 0 bridgehead atoms. The summed E-state index contributed by atoms with van der Waals surface area (Å²) in [6.07, 6.45) is 8.16. The van der Waals surface area contributed by atoms with Crippen molar-refractivity contribution in [2.24, 2.45) is 0 Å². The predicted octanol–water partition coefficient (Wildman–Crippen LogP) is 3.14. The molecule has 0 fully saturated rings. The molecule has 1 atom stereocenters. The Morgan fingerprint density at radius 2 is 2.00 bits per heavy atom. The second kappa shape index (κ2) is 9.11. The number of allylic oxidation sites excluding steroid dienone is 3. The van der Waals surface area contributed by atoms with E-state index in [1.807, 2.05) is 18.2 Å². The summed E-state index contributed by atoms with van der Waals surface area (Å²) in [6.45, 7) is 8.94. The molecule has 0 aliphatic carbocycles. The van der Waals surface area contributed by atoms with Gasteiger partial charge in [-0.3, -0.25) is 4.79 Å². The first-order valence-electron chi connectivity index (χ1n) is 6.52. The Kier molecular flexibility index (Phi) is 8.67. The molecule has 0 aliphatic rings.